The summed E-state index contributed by atoms with van der Waals surface area (Å²) < 4.78 is 12.0. The van der Waals surface area contributed by atoms with Crippen molar-refractivity contribution in [2.24, 2.45) is 5.73 Å². The lowest BCUT2D eigenvalue weighted by atomic mass is 10.0. The standard InChI is InChI=1S/C10H13ClFN.ClH/c1-7-2-3-8(6-9(7)11)10(13)4-5-12;/h2-3,6,10H,4-5,13H2,1H3;1H/t10-;/m0./s1. The van der Waals surface area contributed by atoms with Crippen LogP contribution in [0.15, 0.2) is 18.2 Å². The topological polar surface area (TPSA) is 26.0 Å². The monoisotopic (exact) mass is 237 g/mol. The van der Waals surface area contributed by atoms with Gasteiger partial charge in [-0.3, -0.25) is 4.39 Å². The molecule has 1 aromatic rings. The number of hydrogen-bond acceptors (Lipinski definition) is 1. The van der Waals surface area contributed by atoms with Gasteiger partial charge in [0.15, 0.2) is 0 Å². The van der Waals surface area contributed by atoms with Crippen molar-refractivity contribution >= 4 is 24.0 Å². The third-order valence-corrected chi connectivity index (χ3v) is 2.45. The van der Waals surface area contributed by atoms with Crippen LogP contribution < -0.4 is 5.73 Å². The molecule has 0 saturated heterocycles. The maximum atomic E-state index is 12.0. The Balaban J connectivity index is 0.00000169. The Labute approximate surface area is 94.9 Å². The predicted octanol–water partition coefficient (Wildman–Crippen LogP) is 3.43. The van der Waals surface area contributed by atoms with Crippen molar-refractivity contribution in [1.82, 2.24) is 0 Å². The lowest BCUT2D eigenvalue weighted by Gasteiger charge is -2.10. The van der Waals surface area contributed by atoms with Crippen LogP contribution in [0.25, 0.3) is 0 Å². The summed E-state index contributed by atoms with van der Waals surface area (Å²) in [5, 5.41) is 0.687. The van der Waals surface area contributed by atoms with Gasteiger partial charge in [-0.25, -0.2) is 0 Å². The maximum Gasteiger partial charge on any atom is 0.0912 e. The van der Waals surface area contributed by atoms with Crippen LogP contribution in [-0.4, -0.2) is 6.67 Å². The molecule has 0 aliphatic heterocycles. The van der Waals surface area contributed by atoms with Crippen molar-refractivity contribution in [3.63, 3.8) is 0 Å². The number of halogens is 3. The van der Waals surface area contributed by atoms with Gasteiger partial charge < -0.3 is 5.73 Å². The van der Waals surface area contributed by atoms with E-state index in [2.05, 4.69) is 0 Å². The van der Waals surface area contributed by atoms with Gasteiger partial charge in [0.2, 0.25) is 0 Å². The molecule has 0 unspecified atom stereocenters. The van der Waals surface area contributed by atoms with Crippen LogP contribution in [0.3, 0.4) is 0 Å². The quantitative estimate of drug-likeness (QED) is 0.857. The third-order valence-electron chi connectivity index (χ3n) is 2.04. The summed E-state index contributed by atoms with van der Waals surface area (Å²) in [7, 11) is 0. The molecule has 80 valence electrons. The second kappa shape index (κ2) is 6.23. The maximum absolute atomic E-state index is 12.0. The number of rotatable bonds is 3. The molecule has 1 atom stereocenters. The van der Waals surface area contributed by atoms with Crippen molar-refractivity contribution in [3.05, 3.63) is 34.3 Å². The summed E-state index contributed by atoms with van der Waals surface area (Å²) in [6, 6.07) is 5.34. The van der Waals surface area contributed by atoms with Crippen LogP contribution in [0, 0.1) is 6.92 Å². The first-order valence-corrected chi connectivity index (χ1v) is 4.60. The molecule has 0 aliphatic rings. The van der Waals surface area contributed by atoms with Gasteiger partial charge in [0, 0.05) is 11.1 Å². The SMILES string of the molecule is Cc1ccc([C@@H](N)CCF)cc1Cl.Cl. The van der Waals surface area contributed by atoms with Gasteiger partial charge in [-0.05, 0) is 30.5 Å². The fourth-order valence-corrected chi connectivity index (χ4v) is 1.31. The highest BCUT2D eigenvalue weighted by Crippen LogP contribution is 2.21. The van der Waals surface area contributed by atoms with Crippen LogP contribution in [0.4, 0.5) is 4.39 Å². The van der Waals surface area contributed by atoms with E-state index in [-0.39, 0.29) is 18.4 Å². The van der Waals surface area contributed by atoms with Crippen molar-refractivity contribution in [1.29, 1.82) is 0 Å². The second-order valence-electron chi connectivity index (χ2n) is 3.09. The molecule has 0 radical (unpaired) electrons. The zero-order valence-corrected chi connectivity index (χ0v) is 9.54. The number of alkyl halides is 1. The number of benzene rings is 1. The molecule has 0 fully saturated rings. The van der Waals surface area contributed by atoms with Gasteiger partial charge in [-0.1, -0.05) is 23.7 Å². The summed E-state index contributed by atoms with van der Waals surface area (Å²) >= 11 is 5.91. The highest BCUT2D eigenvalue weighted by atomic mass is 35.5. The normalized spacial score (nSPS) is 12.0. The minimum Gasteiger partial charge on any atom is -0.324 e. The average molecular weight is 238 g/mol. The minimum absolute atomic E-state index is 0. The van der Waals surface area contributed by atoms with Gasteiger partial charge >= 0.3 is 0 Å². The van der Waals surface area contributed by atoms with E-state index in [1.54, 1.807) is 6.07 Å². The fourth-order valence-electron chi connectivity index (χ4n) is 1.12. The van der Waals surface area contributed by atoms with E-state index in [4.69, 9.17) is 17.3 Å². The van der Waals surface area contributed by atoms with E-state index in [0.29, 0.717) is 11.4 Å². The molecule has 0 aromatic heterocycles. The van der Waals surface area contributed by atoms with Crippen LogP contribution in [0.1, 0.15) is 23.6 Å². The second-order valence-corrected chi connectivity index (χ2v) is 3.50. The average Bonchev–Trinajstić information content (AvgIpc) is 2.10. The van der Waals surface area contributed by atoms with E-state index in [0.717, 1.165) is 11.1 Å². The van der Waals surface area contributed by atoms with Crippen LogP contribution in [-0.2, 0) is 0 Å². The summed E-state index contributed by atoms with van der Waals surface area (Å²) in [6.07, 6.45) is 0.347. The van der Waals surface area contributed by atoms with E-state index in [9.17, 15) is 4.39 Å². The lowest BCUT2D eigenvalue weighted by molar-refractivity contribution is 0.442. The predicted molar refractivity (Wildman–Crippen MR) is 61.0 cm³/mol. The molecule has 0 aliphatic carbocycles. The molecule has 0 bridgehead atoms. The summed E-state index contributed by atoms with van der Waals surface area (Å²) in [6.45, 7) is 1.53. The zero-order valence-electron chi connectivity index (χ0n) is 7.97. The smallest absolute Gasteiger partial charge is 0.0912 e. The Hall–Kier alpha value is -0.310. The largest absolute Gasteiger partial charge is 0.324 e. The molecule has 0 heterocycles. The van der Waals surface area contributed by atoms with Gasteiger partial charge in [-0.15, -0.1) is 12.4 Å². The first-order chi connectivity index (χ1) is 6.15. The molecular weight excluding hydrogens is 224 g/mol. The van der Waals surface area contributed by atoms with Crippen molar-refractivity contribution < 1.29 is 4.39 Å². The van der Waals surface area contributed by atoms with Crippen molar-refractivity contribution in [2.75, 3.05) is 6.67 Å². The van der Waals surface area contributed by atoms with Crippen LogP contribution >= 0.6 is 24.0 Å². The van der Waals surface area contributed by atoms with Crippen LogP contribution in [0.2, 0.25) is 5.02 Å². The van der Waals surface area contributed by atoms with Gasteiger partial charge in [0.05, 0.1) is 6.67 Å². The van der Waals surface area contributed by atoms with Crippen LogP contribution in [0.5, 0.6) is 0 Å². The van der Waals surface area contributed by atoms with E-state index >= 15 is 0 Å². The lowest BCUT2D eigenvalue weighted by Crippen LogP contribution is -2.10. The molecule has 1 rings (SSSR count). The summed E-state index contributed by atoms with van der Waals surface area (Å²) in [4.78, 5) is 0. The van der Waals surface area contributed by atoms with E-state index in [1.165, 1.54) is 0 Å². The van der Waals surface area contributed by atoms with E-state index in [1.807, 2.05) is 19.1 Å². The van der Waals surface area contributed by atoms with Gasteiger partial charge in [-0.2, -0.15) is 0 Å². The first-order valence-electron chi connectivity index (χ1n) is 4.22. The van der Waals surface area contributed by atoms with Gasteiger partial charge in [0.25, 0.3) is 0 Å². The van der Waals surface area contributed by atoms with Crippen molar-refractivity contribution in [3.8, 4) is 0 Å². The number of hydrogen-bond donors (Lipinski definition) is 1. The molecule has 4 heteroatoms. The number of aryl methyl sites for hydroxylation is 1. The van der Waals surface area contributed by atoms with E-state index < -0.39 is 6.67 Å². The Morgan fingerprint density at radius 2 is 2.14 bits per heavy atom. The summed E-state index contributed by atoms with van der Waals surface area (Å²) in [5.41, 5.74) is 7.63. The first kappa shape index (κ1) is 13.7. The Bertz CT molecular complexity index is 291. The third kappa shape index (κ3) is 3.45. The molecule has 0 amide bonds. The Kier molecular flexibility index (Phi) is 6.09. The van der Waals surface area contributed by atoms with Gasteiger partial charge in [0.1, 0.15) is 0 Å². The highest BCUT2D eigenvalue weighted by Gasteiger charge is 2.06. The molecule has 14 heavy (non-hydrogen) atoms. The zero-order chi connectivity index (χ0) is 9.84. The molecule has 0 saturated carbocycles. The minimum atomic E-state index is -0.396. The Morgan fingerprint density at radius 3 is 2.64 bits per heavy atom. The molecular formula is C10H14Cl2FN. The highest BCUT2D eigenvalue weighted by molar-refractivity contribution is 6.31. The van der Waals surface area contributed by atoms with Crippen molar-refractivity contribution in [2.45, 2.75) is 19.4 Å². The number of nitrogens with two attached hydrogens (primary N) is 1. The molecule has 1 nitrogen and oxygen atoms in total. The molecule has 1 aromatic carbocycles. The fraction of sp³-hybridized carbons (Fsp3) is 0.400. The molecule has 2 N–H and O–H groups in total. The molecule has 0 spiro atoms. The summed E-state index contributed by atoms with van der Waals surface area (Å²) in [5.74, 6) is 0. The Morgan fingerprint density at radius 1 is 1.50 bits per heavy atom.